The van der Waals surface area contributed by atoms with Crippen LogP contribution in [0.2, 0.25) is 0 Å². The van der Waals surface area contributed by atoms with Gasteiger partial charge in [0.15, 0.2) is 5.82 Å². The number of hydrogen-bond donors (Lipinski definition) is 2. The molecule has 2 N–H and O–H groups in total. The van der Waals surface area contributed by atoms with Crippen molar-refractivity contribution in [1.29, 1.82) is 0 Å². The Hall–Kier alpha value is -1.63. The number of aryl methyl sites for hydroxylation is 1. The molecule has 2 amide bonds. The molecule has 18 heavy (non-hydrogen) atoms. The van der Waals surface area contributed by atoms with Gasteiger partial charge in [0.2, 0.25) is 0 Å². The third-order valence-corrected chi connectivity index (χ3v) is 2.43. The molecule has 0 aliphatic rings. The van der Waals surface area contributed by atoms with E-state index >= 15 is 0 Å². The number of aromatic nitrogens is 3. The molecular weight excluding hydrogens is 234 g/mol. The van der Waals surface area contributed by atoms with Gasteiger partial charge in [0, 0.05) is 13.7 Å². The summed E-state index contributed by atoms with van der Waals surface area (Å²) >= 11 is 0. The molecule has 0 saturated carbocycles. The minimum atomic E-state index is -0.289. The van der Waals surface area contributed by atoms with Crippen LogP contribution in [0.15, 0.2) is 6.20 Å². The Morgan fingerprint density at radius 1 is 1.56 bits per heavy atom. The van der Waals surface area contributed by atoms with Crippen LogP contribution in [0.3, 0.4) is 0 Å². The molecule has 0 fully saturated rings. The van der Waals surface area contributed by atoms with E-state index < -0.39 is 0 Å². The van der Waals surface area contributed by atoms with Crippen LogP contribution >= 0.6 is 0 Å². The maximum atomic E-state index is 11.7. The highest BCUT2D eigenvalue weighted by Gasteiger charge is 2.11. The van der Waals surface area contributed by atoms with E-state index in [1.54, 1.807) is 18.0 Å². The van der Waals surface area contributed by atoms with Crippen molar-refractivity contribution in [1.82, 2.24) is 20.3 Å². The average Bonchev–Trinajstić information content (AvgIpc) is 2.76. The van der Waals surface area contributed by atoms with Crippen molar-refractivity contribution in [2.24, 2.45) is 0 Å². The Balaban J connectivity index is 2.42. The van der Waals surface area contributed by atoms with Gasteiger partial charge in [-0.05, 0) is 12.8 Å². The molecule has 1 aromatic rings. The molecule has 1 aromatic heterocycles. The Morgan fingerprint density at radius 2 is 2.33 bits per heavy atom. The van der Waals surface area contributed by atoms with Gasteiger partial charge in [-0.1, -0.05) is 19.1 Å². The maximum absolute atomic E-state index is 11.7. The molecule has 0 aliphatic carbocycles. The number of ether oxygens (including phenoxy) is 1. The molecule has 1 atom stereocenters. The van der Waals surface area contributed by atoms with Crippen LogP contribution in [0.25, 0.3) is 0 Å². The average molecular weight is 255 g/mol. The highest BCUT2D eigenvalue weighted by Crippen LogP contribution is 2.01. The molecular formula is C11H21N5O2. The van der Waals surface area contributed by atoms with E-state index in [1.165, 1.54) is 0 Å². The second-order valence-corrected chi connectivity index (χ2v) is 4.03. The number of nitrogens with zero attached hydrogens (tertiary/aromatic N) is 3. The zero-order valence-corrected chi connectivity index (χ0v) is 11.1. The number of amides is 2. The summed E-state index contributed by atoms with van der Waals surface area (Å²) < 4.78 is 6.70. The molecule has 0 aliphatic heterocycles. The number of urea groups is 1. The normalized spacial score (nSPS) is 12.2. The van der Waals surface area contributed by atoms with Gasteiger partial charge in [0.05, 0.1) is 18.8 Å². The molecule has 0 saturated heterocycles. The number of rotatable bonds is 7. The van der Waals surface area contributed by atoms with Gasteiger partial charge in [0.25, 0.3) is 0 Å². The van der Waals surface area contributed by atoms with Gasteiger partial charge in [0.1, 0.15) is 0 Å². The summed E-state index contributed by atoms with van der Waals surface area (Å²) in [5, 5.41) is 13.2. The van der Waals surface area contributed by atoms with Crippen molar-refractivity contribution >= 4 is 11.8 Å². The summed E-state index contributed by atoms with van der Waals surface area (Å²) in [5.41, 5.74) is 0. The minimum absolute atomic E-state index is 0.000636. The van der Waals surface area contributed by atoms with Crippen LogP contribution in [-0.2, 0) is 11.3 Å². The molecule has 1 heterocycles. The third kappa shape index (κ3) is 4.70. The van der Waals surface area contributed by atoms with Crippen LogP contribution < -0.4 is 10.6 Å². The van der Waals surface area contributed by atoms with Crippen LogP contribution in [0, 0.1) is 0 Å². The lowest BCUT2D eigenvalue weighted by molar-refractivity contribution is 0.165. The van der Waals surface area contributed by atoms with E-state index in [9.17, 15) is 4.79 Å². The topological polar surface area (TPSA) is 81.1 Å². The predicted octanol–water partition coefficient (Wildman–Crippen LogP) is 1.23. The second-order valence-electron chi connectivity index (χ2n) is 4.03. The Bertz CT molecular complexity index is 366. The van der Waals surface area contributed by atoms with Gasteiger partial charge >= 0.3 is 6.03 Å². The van der Waals surface area contributed by atoms with Crippen LogP contribution in [0.4, 0.5) is 10.6 Å². The molecule has 0 unspecified atom stereocenters. The fourth-order valence-electron chi connectivity index (χ4n) is 1.49. The summed E-state index contributed by atoms with van der Waals surface area (Å²) in [4.78, 5) is 11.7. The number of carbonyl (C=O) groups is 1. The van der Waals surface area contributed by atoms with E-state index in [1.807, 2.05) is 6.92 Å². The Kier molecular flexibility index (Phi) is 6.13. The SMILES string of the molecule is CCCn1cc(NC(=O)N[C@H](CC)COC)nn1. The molecule has 102 valence electrons. The first-order valence-electron chi connectivity index (χ1n) is 6.16. The van der Waals surface area contributed by atoms with E-state index in [-0.39, 0.29) is 12.1 Å². The lowest BCUT2D eigenvalue weighted by Gasteiger charge is -2.15. The zero-order valence-electron chi connectivity index (χ0n) is 11.1. The first-order chi connectivity index (χ1) is 8.69. The van der Waals surface area contributed by atoms with Gasteiger partial charge in [-0.15, -0.1) is 5.10 Å². The van der Waals surface area contributed by atoms with Gasteiger partial charge in [-0.3, -0.25) is 10.00 Å². The van der Waals surface area contributed by atoms with E-state index in [4.69, 9.17) is 4.74 Å². The van der Waals surface area contributed by atoms with E-state index in [2.05, 4.69) is 27.9 Å². The lowest BCUT2D eigenvalue weighted by atomic mass is 10.2. The summed E-state index contributed by atoms with van der Waals surface area (Å²) in [5.74, 6) is 0.452. The molecule has 0 aromatic carbocycles. The van der Waals surface area contributed by atoms with Crippen molar-refractivity contribution < 1.29 is 9.53 Å². The number of hydrogen-bond acceptors (Lipinski definition) is 4. The summed E-state index contributed by atoms with van der Waals surface area (Å²) in [6.07, 6.45) is 3.49. The van der Waals surface area contributed by atoms with Crippen molar-refractivity contribution in [3.05, 3.63) is 6.20 Å². The highest BCUT2D eigenvalue weighted by molar-refractivity contribution is 5.88. The summed E-state index contributed by atoms with van der Waals surface area (Å²) in [7, 11) is 1.61. The molecule has 7 heteroatoms. The number of anilines is 1. The largest absolute Gasteiger partial charge is 0.383 e. The fourth-order valence-corrected chi connectivity index (χ4v) is 1.49. The first-order valence-corrected chi connectivity index (χ1v) is 6.16. The number of carbonyl (C=O) groups excluding carboxylic acids is 1. The number of methoxy groups -OCH3 is 1. The van der Waals surface area contributed by atoms with E-state index in [0.29, 0.717) is 12.4 Å². The standard InChI is InChI=1S/C11H21N5O2/c1-4-6-16-7-10(14-15-16)13-11(17)12-9(5-2)8-18-3/h7,9H,4-6,8H2,1-3H3,(H2,12,13,17)/t9-/m1/s1. The predicted molar refractivity (Wildman–Crippen MR) is 68.4 cm³/mol. The van der Waals surface area contributed by atoms with Gasteiger partial charge < -0.3 is 10.1 Å². The third-order valence-electron chi connectivity index (χ3n) is 2.43. The molecule has 0 spiro atoms. The van der Waals surface area contributed by atoms with Crippen molar-refractivity contribution in [3.8, 4) is 0 Å². The van der Waals surface area contributed by atoms with Crippen molar-refractivity contribution in [2.45, 2.75) is 39.3 Å². The Labute approximate surface area is 107 Å². The van der Waals surface area contributed by atoms with Gasteiger partial charge in [-0.2, -0.15) is 0 Å². The van der Waals surface area contributed by atoms with Gasteiger partial charge in [-0.25, -0.2) is 4.79 Å². The quantitative estimate of drug-likeness (QED) is 0.768. The smallest absolute Gasteiger partial charge is 0.320 e. The van der Waals surface area contributed by atoms with E-state index in [0.717, 1.165) is 19.4 Å². The van der Waals surface area contributed by atoms with Crippen LogP contribution in [-0.4, -0.2) is 40.8 Å². The lowest BCUT2D eigenvalue weighted by Crippen LogP contribution is -2.40. The Morgan fingerprint density at radius 3 is 2.94 bits per heavy atom. The minimum Gasteiger partial charge on any atom is -0.383 e. The van der Waals surface area contributed by atoms with Crippen molar-refractivity contribution in [2.75, 3.05) is 19.0 Å². The molecule has 0 bridgehead atoms. The fraction of sp³-hybridized carbons (Fsp3) is 0.727. The molecule has 1 rings (SSSR count). The summed E-state index contributed by atoms with van der Waals surface area (Å²) in [6.45, 7) is 5.32. The van der Waals surface area contributed by atoms with Crippen LogP contribution in [0.5, 0.6) is 0 Å². The number of nitrogens with one attached hydrogen (secondary N) is 2. The first kappa shape index (κ1) is 14.4. The second kappa shape index (κ2) is 7.65. The highest BCUT2D eigenvalue weighted by atomic mass is 16.5. The molecule has 0 radical (unpaired) electrons. The van der Waals surface area contributed by atoms with Crippen LogP contribution in [0.1, 0.15) is 26.7 Å². The summed E-state index contributed by atoms with van der Waals surface area (Å²) in [6, 6.07) is -0.289. The molecule has 7 nitrogen and oxygen atoms in total. The monoisotopic (exact) mass is 255 g/mol. The van der Waals surface area contributed by atoms with Crippen molar-refractivity contribution in [3.63, 3.8) is 0 Å². The maximum Gasteiger partial charge on any atom is 0.320 e. The zero-order chi connectivity index (χ0) is 13.4.